The van der Waals surface area contributed by atoms with Gasteiger partial charge in [0.05, 0.1) is 18.6 Å². The van der Waals surface area contributed by atoms with Gasteiger partial charge >= 0.3 is 12.1 Å². The fourth-order valence-corrected chi connectivity index (χ4v) is 4.37. The van der Waals surface area contributed by atoms with Gasteiger partial charge in [-0.1, -0.05) is 13.3 Å². The van der Waals surface area contributed by atoms with E-state index in [1.807, 2.05) is 6.92 Å². The van der Waals surface area contributed by atoms with Crippen LogP contribution in [0.5, 0.6) is 0 Å². The summed E-state index contributed by atoms with van der Waals surface area (Å²) in [5.41, 5.74) is 4.35. The van der Waals surface area contributed by atoms with Gasteiger partial charge in [-0.05, 0) is 52.9 Å². The normalized spacial score (nSPS) is 25.2. The predicted octanol–water partition coefficient (Wildman–Crippen LogP) is 1.78. The smallest absolute Gasteiger partial charge is 0.410 e. The molecule has 3 aliphatic rings. The second-order valence-electron chi connectivity index (χ2n) is 9.94. The van der Waals surface area contributed by atoms with Crippen molar-refractivity contribution in [1.82, 2.24) is 25.7 Å². The van der Waals surface area contributed by atoms with Crippen LogP contribution in [0.25, 0.3) is 0 Å². The number of hydrazine groups is 1. The molecule has 3 saturated heterocycles. The Labute approximate surface area is 195 Å². The van der Waals surface area contributed by atoms with E-state index in [0.717, 1.165) is 12.8 Å². The number of hydroxylamine groups is 2. The third-order valence-corrected chi connectivity index (χ3v) is 6.11. The second-order valence-corrected chi connectivity index (χ2v) is 9.94. The topological polar surface area (TPSA) is 121 Å². The average molecular weight is 468 g/mol. The number of piperidine rings is 2. The third kappa shape index (κ3) is 6.27. The van der Waals surface area contributed by atoms with Gasteiger partial charge in [0.15, 0.2) is 0 Å². The number of likely N-dealkylation sites (tertiary alicyclic amines) is 1. The number of urea groups is 1. The molecule has 3 aliphatic heterocycles. The molecule has 11 nitrogen and oxygen atoms in total. The van der Waals surface area contributed by atoms with Gasteiger partial charge in [0, 0.05) is 19.6 Å². The summed E-state index contributed by atoms with van der Waals surface area (Å²) in [6, 6.07) is -1.01. The van der Waals surface area contributed by atoms with E-state index < -0.39 is 29.6 Å². The number of nitrogens with one attached hydrogen (secondary N) is 2. The Hall–Kier alpha value is -2.56. The van der Waals surface area contributed by atoms with E-state index in [1.54, 1.807) is 20.8 Å². The molecule has 11 heteroatoms. The van der Waals surface area contributed by atoms with Crippen LogP contribution < -0.4 is 10.9 Å². The van der Waals surface area contributed by atoms with E-state index in [0.29, 0.717) is 45.4 Å². The van der Waals surface area contributed by atoms with E-state index >= 15 is 0 Å². The molecule has 0 aromatic heterocycles. The minimum absolute atomic E-state index is 0.0472. The van der Waals surface area contributed by atoms with Crippen molar-refractivity contribution >= 4 is 23.9 Å². The fraction of sp³-hybridized carbons (Fsp3) is 0.818. The zero-order valence-corrected chi connectivity index (χ0v) is 20.1. The number of fused-ring (bicyclic) bond motifs is 2. The van der Waals surface area contributed by atoms with Crippen molar-refractivity contribution in [2.75, 3.05) is 26.2 Å². The maximum Gasteiger partial charge on any atom is 0.410 e. The highest BCUT2D eigenvalue weighted by Crippen LogP contribution is 2.30. The lowest BCUT2D eigenvalue weighted by atomic mass is 9.97. The van der Waals surface area contributed by atoms with Gasteiger partial charge < -0.3 is 14.5 Å². The van der Waals surface area contributed by atoms with Crippen LogP contribution in [-0.2, 0) is 19.2 Å². The minimum atomic E-state index is -0.654. The predicted molar refractivity (Wildman–Crippen MR) is 118 cm³/mol. The maximum absolute atomic E-state index is 12.8. The Morgan fingerprint density at radius 3 is 2.48 bits per heavy atom. The summed E-state index contributed by atoms with van der Waals surface area (Å²) in [5.74, 6) is -1.23. The van der Waals surface area contributed by atoms with E-state index in [1.165, 1.54) is 14.9 Å². The first kappa shape index (κ1) is 25.1. The van der Waals surface area contributed by atoms with Crippen LogP contribution in [0.4, 0.5) is 9.59 Å². The van der Waals surface area contributed by atoms with Crippen molar-refractivity contribution in [3.05, 3.63) is 0 Å². The lowest BCUT2D eigenvalue weighted by molar-refractivity contribution is -0.134. The highest BCUT2D eigenvalue weighted by atomic mass is 16.7. The van der Waals surface area contributed by atoms with Gasteiger partial charge in [-0.3, -0.25) is 25.3 Å². The summed E-state index contributed by atoms with van der Waals surface area (Å²) in [6.07, 6.45) is 3.83. The Bertz CT molecular complexity index is 754. The van der Waals surface area contributed by atoms with Crippen molar-refractivity contribution in [2.24, 2.45) is 5.92 Å². The molecule has 0 unspecified atom stereocenters. The van der Waals surface area contributed by atoms with Gasteiger partial charge in [0.2, 0.25) is 5.91 Å². The van der Waals surface area contributed by atoms with E-state index in [9.17, 15) is 19.2 Å². The number of ether oxygens (including phenoxy) is 1. The van der Waals surface area contributed by atoms with Crippen LogP contribution in [-0.4, -0.2) is 82.7 Å². The summed E-state index contributed by atoms with van der Waals surface area (Å²) < 4.78 is 5.39. The molecule has 0 aromatic rings. The van der Waals surface area contributed by atoms with E-state index in [-0.39, 0.29) is 24.5 Å². The molecule has 3 rings (SSSR count). The monoisotopic (exact) mass is 467 g/mol. The zero-order chi connectivity index (χ0) is 24.2. The van der Waals surface area contributed by atoms with Gasteiger partial charge in [-0.2, -0.15) is 5.06 Å². The van der Waals surface area contributed by atoms with Crippen LogP contribution in [0.15, 0.2) is 0 Å². The number of hydrogen-bond donors (Lipinski definition) is 2. The third-order valence-electron chi connectivity index (χ3n) is 6.11. The molecule has 0 saturated carbocycles. The van der Waals surface area contributed by atoms with Gasteiger partial charge in [-0.15, -0.1) is 0 Å². The molecule has 3 atom stereocenters. The lowest BCUT2D eigenvalue weighted by Gasteiger charge is -2.33. The number of carbonyl (C=O) groups excluding carboxylic acids is 4. The molecule has 0 aliphatic carbocycles. The van der Waals surface area contributed by atoms with Crippen molar-refractivity contribution in [3.63, 3.8) is 0 Å². The largest absolute Gasteiger partial charge is 0.444 e. The summed E-state index contributed by atoms with van der Waals surface area (Å²) in [7, 11) is 0. The molecule has 5 amide bonds. The number of hydrogen-bond acceptors (Lipinski definition) is 6. The van der Waals surface area contributed by atoms with Crippen molar-refractivity contribution in [3.8, 4) is 0 Å². The first-order valence-electron chi connectivity index (χ1n) is 11.9. The van der Waals surface area contributed by atoms with Gasteiger partial charge in [-0.25, -0.2) is 9.59 Å². The molecular weight excluding hydrogens is 430 g/mol. The standard InChI is InChI=1S/C22H37N5O6/c1-5-6-12-32-27-16-9-10-17(26(14-16)20(27)30)19(29)24-23-18(28)15-8-7-11-25(13-15)21(31)33-22(2,3)4/h15-17H,5-14H2,1-4H3,(H,23,28)(H,24,29)/t15-,16-,17+/m1/s1. The van der Waals surface area contributed by atoms with Crippen LogP contribution in [0.3, 0.4) is 0 Å². The molecule has 2 N–H and O–H groups in total. The fourth-order valence-electron chi connectivity index (χ4n) is 4.37. The number of nitrogens with zero attached hydrogens (tertiary/aromatic N) is 3. The average Bonchev–Trinajstić information content (AvgIpc) is 3.01. The van der Waals surface area contributed by atoms with Crippen LogP contribution in [0, 0.1) is 5.92 Å². The lowest BCUT2D eigenvalue weighted by Crippen LogP contribution is -2.56. The van der Waals surface area contributed by atoms with Crippen molar-refractivity contribution in [2.45, 2.75) is 83.9 Å². The SMILES string of the molecule is CCCCON1C(=O)N2C[C@H]1CC[C@H]2C(=O)NNC(=O)[C@@H]1CCCN(C(=O)OC(C)(C)C)C1. The number of amides is 5. The summed E-state index contributed by atoms with van der Waals surface area (Å²) in [6.45, 7) is 9.11. The second kappa shape index (κ2) is 10.6. The molecule has 0 radical (unpaired) electrons. The Morgan fingerprint density at radius 2 is 1.79 bits per heavy atom. The highest BCUT2D eigenvalue weighted by Gasteiger charge is 2.48. The molecule has 2 bridgehead atoms. The summed E-state index contributed by atoms with van der Waals surface area (Å²) >= 11 is 0. The number of carbonyl (C=O) groups is 4. The van der Waals surface area contributed by atoms with Gasteiger partial charge in [0.1, 0.15) is 11.6 Å². The summed E-state index contributed by atoms with van der Waals surface area (Å²) in [4.78, 5) is 59.1. The minimum Gasteiger partial charge on any atom is -0.444 e. The first-order chi connectivity index (χ1) is 15.6. The molecule has 0 spiro atoms. The molecule has 0 aromatic carbocycles. The first-order valence-corrected chi connectivity index (χ1v) is 11.9. The van der Waals surface area contributed by atoms with Crippen molar-refractivity contribution < 1.29 is 28.8 Å². The highest BCUT2D eigenvalue weighted by molar-refractivity contribution is 5.90. The summed E-state index contributed by atoms with van der Waals surface area (Å²) in [5, 5.41) is 1.40. The maximum atomic E-state index is 12.8. The van der Waals surface area contributed by atoms with E-state index in [2.05, 4.69) is 10.9 Å². The van der Waals surface area contributed by atoms with E-state index in [4.69, 9.17) is 9.57 Å². The number of unbranched alkanes of at least 4 members (excludes halogenated alkanes) is 1. The number of rotatable bonds is 6. The molecule has 3 fully saturated rings. The molecule has 3 heterocycles. The Balaban J connectivity index is 1.48. The Morgan fingerprint density at radius 1 is 1.06 bits per heavy atom. The van der Waals surface area contributed by atoms with Gasteiger partial charge in [0.25, 0.3) is 5.91 Å². The molecule has 186 valence electrons. The quantitative estimate of drug-likeness (QED) is 0.454. The molecule has 33 heavy (non-hydrogen) atoms. The molecular formula is C22H37N5O6. The van der Waals surface area contributed by atoms with Crippen LogP contribution >= 0.6 is 0 Å². The van der Waals surface area contributed by atoms with Crippen LogP contribution in [0.2, 0.25) is 0 Å². The van der Waals surface area contributed by atoms with Crippen LogP contribution in [0.1, 0.15) is 66.2 Å². The Kier molecular flexibility index (Phi) is 8.04. The zero-order valence-electron chi connectivity index (χ0n) is 20.1. The van der Waals surface area contributed by atoms with Crippen molar-refractivity contribution in [1.29, 1.82) is 0 Å².